The van der Waals surface area contributed by atoms with Crippen molar-refractivity contribution in [3.05, 3.63) is 35.4 Å². The van der Waals surface area contributed by atoms with Gasteiger partial charge in [0.05, 0.1) is 24.2 Å². The van der Waals surface area contributed by atoms with Gasteiger partial charge < -0.3 is 15.5 Å². The number of carbonyl (C=O) groups excluding carboxylic acids is 2. The number of rotatable bonds is 6. The van der Waals surface area contributed by atoms with Gasteiger partial charge in [0, 0.05) is 30.7 Å². The van der Waals surface area contributed by atoms with E-state index in [2.05, 4.69) is 6.07 Å². The number of alkyl halides is 2. The van der Waals surface area contributed by atoms with E-state index < -0.39 is 12.5 Å². The monoisotopic (exact) mass is 443 g/mol. The van der Waals surface area contributed by atoms with Crippen LogP contribution in [0.2, 0.25) is 0 Å². The minimum Gasteiger partial charge on any atom is -0.330 e. The normalized spacial score (nSPS) is 32.9. The second-order valence-electron chi connectivity index (χ2n) is 9.54. The fourth-order valence-corrected chi connectivity index (χ4v) is 5.89. The van der Waals surface area contributed by atoms with Crippen molar-refractivity contribution in [2.75, 3.05) is 13.1 Å². The summed E-state index contributed by atoms with van der Waals surface area (Å²) in [6.45, 7) is 2.84. The second kappa shape index (κ2) is 7.78. The van der Waals surface area contributed by atoms with E-state index in [1.807, 2.05) is 16.7 Å². The molecular formula is C23H27F2N5O2. The number of halogens is 2. The van der Waals surface area contributed by atoms with E-state index in [0.29, 0.717) is 25.4 Å². The van der Waals surface area contributed by atoms with Crippen molar-refractivity contribution in [2.45, 2.75) is 68.9 Å². The summed E-state index contributed by atoms with van der Waals surface area (Å²) in [6.07, 6.45) is -0.153. The van der Waals surface area contributed by atoms with Crippen LogP contribution < -0.4 is 5.73 Å². The van der Waals surface area contributed by atoms with Gasteiger partial charge >= 0.3 is 0 Å². The highest BCUT2D eigenvalue weighted by molar-refractivity contribution is 5.87. The van der Waals surface area contributed by atoms with Gasteiger partial charge in [-0.1, -0.05) is 24.3 Å². The van der Waals surface area contributed by atoms with Gasteiger partial charge in [0.15, 0.2) is 0 Å². The Morgan fingerprint density at radius 1 is 1.22 bits per heavy atom. The summed E-state index contributed by atoms with van der Waals surface area (Å²) < 4.78 is 25.7. The molecule has 2 N–H and O–H groups in total. The molecule has 3 saturated heterocycles. The number of carbonyl (C=O) groups is 2. The maximum absolute atomic E-state index is 13.1. The highest BCUT2D eigenvalue weighted by Gasteiger charge is 2.56. The molecule has 7 atom stereocenters. The van der Waals surface area contributed by atoms with E-state index in [-0.39, 0.29) is 47.6 Å². The Morgan fingerprint density at radius 2 is 1.91 bits per heavy atom. The molecule has 5 rings (SSSR count). The molecule has 0 spiro atoms. The van der Waals surface area contributed by atoms with Crippen LogP contribution in [0.5, 0.6) is 0 Å². The fourth-order valence-electron chi connectivity index (χ4n) is 5.89. The van der Waals surface area contributed by atoms with Crippen molar-refractivity contribution in [2.24, 2.45) is 11.7 Å². The third-order valence-electron chi connectivity index (χ3n) is 7.66. The highest BCUT2D eigenvalue weighted by Crippen LogP contribution is 2.48. The number of likely N-dealkylation sites (tertiary alicyclic amines) is 3. The molecule has 1 saturated carbocycles. The van der Waals surface area contributed by atoms with Gasteiger partial charge in [-0.15, -0.1) is 0 Å². The van der Waals surface area contributed by atoms with Gasteiger partial charge in [0.2, 0.25) is 11.8 Å². The molecule has 32 heavy (non-hydrogen) atoms. The molecule has 2 bridgehead atoms. The van der Waals surface area contributed by atoms with Crippen molar-refractivity contribution in [1.82, 2.24) is 14.7 Å². The number of hydrogen-bond donors (Lipinski definition) is 1. The largest absolute Gasteiger partial charge is 0.330 e. The number of piperazine rings is 1. The summed E-state index contributed by atoms with van der Waals surface area (Å²) in [5.74, 6) is 0.232. The van der Waals surface area contributed by atoms with Crippen molar-refractivity contribution in [3.63, 3.8) is 0 Å². The predicted molar refractivity (Wildman–Crippen MR) is 111 cm³/mol. The Labute approximate surface area is 185 Å². The van der Waals surface area contributed by atoms with Crippen LogP contribution in [0.1, 0.15) is 49.8 Å². The Kier molecular flexibility index (Phi) is 5.18. The molecule has 170 valence electrons. The first-order valence-corrected chi connectivity index (χ1v) is 11.2. The lowest BCUT2D eigenvalue weighted by Crippen LogP contribution is -2.57. The average molecular weight is 443 g/mol. The number of nitrogens with zero attached hydrogens (tertiary/aromatic N) is 4. The molecule has 1 aromatic carbocycles. The third kappa shape index (κ3) is 3.37. The zero-order chi connectivity index (χ0) is 22.7. The number of fused-ring (bicyclic) bond motifs is 3. The van der Waals surface area contributed by atoms with Crippen LogP contribution >= 0.6 is 0 Å². The summed E-state index contributed by atoms with van der Waals surface area (Å²) >= 11 is 0. The van der Waals surface area contributed by atoms with Crippen molar-refractivity contribution in [1.29, 1.82) is 5.26 Å². The van der Waals surface area contributed by atoms with Crippen molar-refractivity contribution < 1.29 is 18.4 Å². The lowest BCUT2D eigenvalue weighted by molar-refractivity contribution is -0.141. The molecule has 4 aliphatic rings. The Bertz CT molecular complexity index is 964. The molecule has 0 radical (unpaired) electrons. The zero-order valence-electron chi connectivity index (χ0n) is 17.9. The number of nitriles is 1. The van der Waals surface area contributed by atoms with Crippen LogP contribution in [0, 0.1) is 17.2 Å². The minimum atomic E-state index is -2.51. The Hall–Kier alpha value is -2.57. The van der Waals surface area contributed by atoms with Crippen LogP contribution in [-0.4, -0.2) is 69.8 Å². The summed E-state index contributed by atoms with van der Waals surface area (Å²) in [5.41, 5.74) is 7.04. The molecule has 1 aliphatic carbocycles. The topological polar surface area (TPSA) is 93.7 Å². The molecule has 3 heterocycles. The van der Waals surface area contributed by atoms with E-state index in [1.54, 1.807) is 17.0 Å². The van der Waals surface area contributed by atoms with Crippen LogP contribution in [-0.2, 0) is 9.59 Å². The van der Waals surface area contributed by atoms with Gasteiger partial charge in [-0.3, -0.25) is 14.5 Å². The van der Waals surface area contributed by atoms with Crippen LogP contribution in [0.3, 0.4) is 0 Å². The maximum Gasteiger partial charge on any atom is 0.263 e. The Balaban J connectivity index is 1.22. The number of benzene rings is 1. The van der Waals surface area contributed by atoms with E-state index in [4.69, 9.17) is 5.73 Å². The fraction of sp³-hybridized carbons (Fsp3) is 0.609. The second-order valence-corrected chi connectivity index (χ2v) is 9.54. The lowest BCUT2D eigenvalue weighted by Gasteiger charge is -2.38. The predicted octanol–water partition coefficient (Wildman–Crippen LogP) is 1.81. The first-order valence-electron chi connectivity index (χ1n) is 11.2. The molecule has 1 aromatic rings. The molecular weight excluding hydrogens is 416 g/mol. The summed E-state index contributed by atoms with van der Waals surface area (Å²) in [5, 5.41) is 9.35. The van der Waals surface area contributed by atoms with Crippen molar-refractivity contribution >= 4 is 11.8 Å². The molecule has 0 aromatic heterocycles. The smallest absolute Gasteiger partial charge is 0.263 e. The molecule has 2 amide bonds. The van der Waals surface area contributed by atoms with Crippen LogP contribution in [0.15, 0.2) is 24.3 Å². The maximum atomic E-state index is 13.1. The minimum absolute atomic E-state index is 0.00559. The number of nitrogens with two attached hydrogens (primary N) is 1. The van der Waals surface area contributed by atoms with E-state index in [9.17, 15) is 23.6 Å². The van der Waals surface area contributed by atoms with Gasteiger partial charge in [-0.25, -0.2) is 8.78 Å². The average Bonchev–Trinajstić information content (AvgIpc) is 3.11. The van der Waals surface area contributed by atoms with Gasteiger partial charge in [-0.2, -0.15) is 5.26 Å². The highest BCUT2D eigenvalue weighted by atomic mass is 19.3. The van der Waals surface area contributed by atoms with E-state index in [1.165, 1.54) is 12.1 Å². The summed E-state index contributed by atoms with van der Waals surface area (Å²) in [7, 11) is 0. The molecule has 3 aliphatic heterocycles. The number of hydrogen-bond acceptors (Lipinski definition) is 5. The van der Waals surface area contributed by atoms with Gasteiger partial charge in [0.25, 0.3) is 6.43 Å². The van der Waals surface area contributed by atoms with Crippen LogP contribution in [0.25, 0.3) is 0 Å². The lowest BCUT2D eigenvalue weighted by atomic mass is 10.0. The zero-order valence-corrected chi connectivity index (χ0v) is 17.9. The van der Waals surface area contributed by atoms with Gasteiger partial charge in [-0.05, 0) is 37.7 Å². The van der Waals surface area contributed by atoms with E-state index in [0.717, 1.165) is 18.4 Å². The summed E-state index contributed by atoms with van der Waals surface area (Å²) in [6, 6.07) is 6.82. The molecule has 4 fully saturated rings. The number of amides is 2. The first kappa shape index (κ1) is 21.3. The Morgan fingerprint density at radius 3 is 2.53 bits per heavy atom. The van der Waals surface area contributed by atoms with E-state index >= 15 is 0 Å². The summed E-state index contributed by atoms with van der Waals surface area (Å²) in [4.78, 5) is 31.5. The standard InChI is InChI=1S/C23H27F2N5O2/c1-12(13-2-4-14(5-3-13)21(24)25)29-17-8-20(23(29)32)28(10-17)11-18(27)22(31)30-16(9-26)6-15-7-19(15)30/h2-5,12,15-21H,6-8,10-11,27H2,1H3/t12-,15+,16-,17-,18-,19-,20-/m0/s1. The third-order valence-corrected chi connectivity index (χ3v) is 7.66. The quantitative estimate of drug-likeness (QED) is 0.724. The van der Waals surface area contributed by atoms with Gasteiger partial charge in [0.1, 0.15) is 6.04 Å². The first-order chi connectivity index (χ1) is 15.3. The molecule has 9 heteroatoms. The molecule has 0 unspecified atom stereocenters. The number of piperidine rings is 1. The SMILES string of the molecule is C[C@@H](c1ccc(C(F)F)cc1)N1C(=O)[C@@H]2C[C@H]1CN2C[C@H](N)C(=O)N1[C@H](C#N)C[C@@H]2C[C@@H]21. The molecule has 7 nitrogen and oxygen atoms in total. The van der Waals surface area contributed by atoms with Crippen LogP contribution in [0.4, 0.5) is 8.78 Å². The van der Waals surface area contributed by atoms with Crippen molar-refractivity contribution in [3.8, 4) is 6.07 Å².